The van der Waals surface area contributed by atoms with Gasteiger partial charge in [-0.1, -0.05) is 43.8 Å². The van der Waals surface area contributed by atoms with Crippen LogP contribution in [0.4, 0.5) is 4.39 Å². The molecule has 0 saturated carbocycles. The van der Waals surface area contributed by atoms with Crippen molar-refractivity contribution in [3.63, 3.8) is 0 Å². The van der Waals surface area contributed by atoms with Gasteiger partial charge < -0.3 is 10.1 Å². The first-order chi connectivity index (χ1) is 15.0. The molecule has 0 aliphatic rings. The summed E-state index contributed by atoms with van der Waals surface area (Å²) in [4.78, 5) is 12.2. The molecule has 31 heavy (non-hydrogen) atoms. The van der Waals surface area contributed by atoms with E-state index in [1.165, 1.54) is 23.9 Å². The number of aryl methyl sites for hydroxylation is 1. The molecule has 6 nitrogen and oxygen atoms in total. The van der Waals surface area contributed by atoms with E-state index >= 15 is 0 Å². The van der Waals surface area contributed by atoms with Crippen LogP contribution in [0.3, 0.4) is 0 Å². The first kappa shape index (κ1) is 22.8. The van der Waals surface area contributed by atoms with Crippen LogP contribution in [0.25, 0.3) is 5.69 Å². The lowest BCUT2D eigenvalue weighted by molar-refractivity contribution is -0.121. The van der Waals surface area contributed by atoms with Crippen LogP contribution >= 0.6 is 11.8 Å². The smallest absolute Gasteiger partial charge is 0.220 e. The van der Waals surface area contributed by atoms with Crippen molar-refractivity contribution in [2.24, 2.45) is 5.92 Å². The zero-order valence-electron chi connectivity index (χ0n) is 18.0. The molecule has 0 aliphatic carbocycles. The highest BCUT2D eigenvalue weighted by Gasteiger charge is 2.16. The number of carbonyl (C=O) groups excluding carboxylic acids is 1. The monoisotopic (exact) mass is 442 g/mol. The number of carbonyl (C=O) groups is 1. The van der Waals surface area contributed by atoms with Crippen molar-refractivity contribution >= 4 is 17.7 Å². The molecule has 0 fully saturated rings. The Hall–Kier alpha value is -2.87. The van der Waals surface area contributed by atoms with Gasteiger partial charge in [-0.3, -0.25) is 9.36 Å². The summed E-state index contributed by atoms with van der Waals surface area (Å²) in [5.41, 5.74) is 1.71. The van der Waals surface area contributed by atoms with Crippen LogP contribution in [-0.2, 0) is 17.0 Å². The van der Waals surface area contributed by atoms with E-state index in [-0.39, 0.29) is 11.7 Å². The standard InChI is InChI=1S/C23H27FN4O2S/c1-16(2)14-25-22(29)11-10-21-26-27-23(31-15-17-6-4-7-18(24)12-17)28(21)19-8-5-9-20(13-19)30-3/h4-9,12-13,16H,10-11,14-15H2,1-3H3,(H,25,29). The molecule has 3 rings (SSSR count). The minimum absolute atomic E-state index is 0.0112. The summed E-state index contributed by atoms with van der Waals surface area (Å²) in [7, 11) is 1.62. The number of halogens is 1. The molecule has 2 aromatic carbocycles. The highest BCUT2D eigenvalue weighted by atomic mass is 32.2. The first-order valence-corrected chi connectivity index (χ1v) is 11.2. The second-order valence-electron chi connectivity index (χ2n) is 7.55. The fraction of sp³-hybridized carbons (Fsp3) is 0.348. The van der Waals surface area contributed by atoms with Gasteiger partial charge in [-0.25, -0.2) is 4.39 Å². The summed E-state index contributed by atoms with van der Waals surface area (Å²) in [5, 5.41) is 12.3. The molecule has 0 saturated heterocycles. The van der Waals surface area contributed by atoms with E-state index in [4.69, 9.17) is 4.74 Å². The highest BCUT2D eigenvalue weighted by Crippen LogP contribution is 2.27. The molecule has 1 N–H and O–H groups in total. The summed E-state index contributed by atoms with van der Waals surface area (Å²) in [6.07, 6.45) is 0.776. The third-order valence-electron chi connectivity index (χ3n) is 4.55. The van der Waals surface area contributed by atoms with Gasteiger partial charge in [0.2, 0.25) is 5.91 Å². The van der Waals surface area contributed by atoms with Crippen LogP contribution in [0.5, 0.6) is 5.75 Å². The normalized spacial score (nSPS) is 11.0. The Morgan fingerprint density at radius 1 is 1.19 bits per heavy atom. The molecular formula is C23H27FN4O2S. The van der Waals surface area contributed by atoms with Crippen molar-refractivity contribution < 1.29 is 13.9 Å². The van der Waals surface area contributed by atoms with Gasteiger partial charge in [0.25, 0.3) is 0 Å². The van der Waals surface area contributed by atoms with Crippen LogP contribution in [-0.4, -0.2) is 34.3 Å². The molecule has 0 bridgehead atoms. The van der Waals surface area contributed by atoms with Crippen LogP contribution in [0.1, 0.15) is 31.7 Å². The summed E-state index contributed by atoms with van der Waals surface area (Å²) < 4.78 is 20.8. The summed E-state index contributed by atoms with van der Waals surface area (Å²) in [6, 6.07) is 14.1. The highest BCUT2D eigenvalue weighted by molar-refractivity contribution is 7.98. The zero-order valence-corrected chi connectivity index (χ0v) is 18.8. The number of hydrogen-bond acceptors (Lipinski definition) is 5. The number of rotatable bonds is 10. The Labute approximate surface area is 186 Å². The summed E-state index contributed by atoms with van der Waals surface area (Å²) in [5.74, 6) is 2.08. The maximum Gasteiger partial charge on any atom is 0.220 e. The Kier molecular flexibility index (Phi) is 8.06. The minimum atomic E-state index is -0.263. The number of nitrogens with zero attached hydrogens (tertiary/aromatic N) is 3. The van der Waals surface area contributed by atoms with Gasteiger partial charge >= 0.3 is 0 Å². The maximum atomic E-state index is 13.5. The van der Waals surface area contributed by atoms with Gasteiger partial charge in [-0.15, -0.1) is 10.2 Å². The third-order valence-corrected chi connectivity index (χ3v) is 5.55. The molecule has 0 unspecified atom stereocenters. The van der Waals surface area contributed by atoms with Crippen molar-refractivity contribution in [1.82, 2.24) is 20.1 Å². The second-order valence-corrected chi connectivity index (χ2v) is 8.49. The molecule has 1 amide bonds. The predicted molar refractivity (Wildman–Crippen MR) is 120 cm³/mol. The first-order valence-electron chi connectivity index (χ1n) is 10.2. The largest absolute Gasteiger partial charge is 0.497 e. The van der Waals surface area contributed by atoms with Crippen LogP contribution in [0, 0.1) is 11.7 Å². The summed E-state index contributed by atoms with van der Waals surface area (Å²) >= 11 is 1.47. The SMILES string of the molecule is COc1cccc(-n2c(CCC(=O)NCC(C)C)nnc2SCc2cccc(F)c2)c1. The lowest BCUT2D eigenvalue weighted by Gasteiger charge is -2.12. The number of nitrogens with one attached hydrogen (secondary N) is 1. The molecule has 164 valence electrons. The van der Waals surface area contributed by atoms with E-state index in [0.29, 0.717) is 47.8 Å². The fourth-order valence-electron chi connectivity index (χ4n) is 2.97. The molecule has 0 aliphatic heterocycles. The van der Waals surface area contributed by atoms with Crippen molar-refractivity contribution in [1.29, 1.82) is 0 Å². The van der Waals surface area contributed by atoms with Crippen molar-refractivity contribution in [2.45, 2.75) is 37.6 Å². The van der Waals surface area contributed by atoms with Crippen LogP contribution in [0.2, 0.25) is 0 Å². The third kappa shape index (κ3) is 6.55. The number of aromatic nitrogens is 3. The van der Waals surface area contributed by atoms with E-state index in [1.807, 2.05) is 34.9 Å². The van der Waals surface area contributed by atoms with Crippen LogP contribution in [0.15, 0.2) is 53.7 Å². The van der Waals surface area contributed by atoms with Gasteiger partial charge in [-0.05, 0) is 35.7 Å². The van der Waals surface area contributed by atoms with Crippen molar-refractivity contribution in [2.75, 3.05) is 13.7 Å². The molecule has 0 atom stereocenters. The summed E-state index contributed by atoms with van der Waals surface area (Å²) in [6.45, 7) is 4.76. The minimum Gasteiger partial charge on any atom is -0.497 e. The molecule has 3 aromatic rings. The molecule has 1 heterocycles. The average Bonchev–Trinajstić information content (AvgIpc) is 3.17. The maximum absolute atomic E-state index is 13.5. The second kappa shape index (κ2) is 10.9. The lowest BCUT2D eigenvalue weighted by Crippen LogP contribution is -2.27. The Morgan fingerprint density at radius 3 is 2.74 bits per heavy atom. The number of hydrogen-bond donors (Lipinski definition) is 1. The molecule has 8 heteroatoms. The van der Waals surface area contributed by atoms with Gasteiger partial charge in [0.1, 0.15) is 17.4 Å². The predicted octanol–water partition coefficient (Wildman–Crippen LogP) is 4.41. The quantitative estimate of drug-likeness (QED) is 0.471. The lowest BCUT2D eigenvalue weighted by atomic mass is 10.2. The van der Waals surface area contributed by atoms with E-state index in [0.717, 1.165) is 11.3 Å². The number of benzene rings is 2. The van der Waals surface area contributed by atoms with Gasteiger partial charge in [0.15, 0.2) is 5.16 Å². The van der Waals surface area contributed by atoms with Crippen molar-refractivity contribution in [3.8, 4) is 11.4 Å². The Bertz CT molecular complexity index is 1020. The van der Waals surface area contributed by atoms with Gasteiger partial charge in [-0.2, -0.15) is 0 Å². The molecular weight excluding hydrogens is 415 g/mol. The van der Waals surface area contributed by atoms with Crippen LogP contribution < -0.4 is 10.1 Å². The number of amides is 1. The Morgan fingerprint density at radius 2 is 2.00 bits per heavy atom. The number of methoxy groups -OCH3 is 1. The topological polar surface area (TPSA) is 69.0 Å². The fourth-order valence-corrected chi connectivity index (χ4v) is 3.88. The van der Waals surface area contributed by atoms with E-state index in [1.54, 1.807) is 13.2 Å². The van der Waals surface area contributed by atoms with Crippen molar-refractivity contribution in [3.05, 3.63) is 65.7 Å². The average molecular weight is 443 g/mol. The van der Waals surface area contributed by atoms with E-state index in [9.17, 15) is 9.18 Å². The zero-order chi connectivity index (χ0) is 22.2. The molecule has 0 spiro atoms. The Balaban J connectivity index is 1.82. The van der Waals surface area contributed by atoms with Gasteiger partial charge in [0, 0.05) is 31.2 Å². The van der Waals surface area contributed by atoms with E-state index < -0.39 is 0 Å². The van der Waals surface area contributed by atoms with E-state index in [2.05, 4.69) is 29.4 Å². The molecule has 0 radical (unpaired) electrons. The molecule has 1 aromatic heterocycles. The van der Waals surface area contributed by atoms with Gasteiger partial charge in [0.05, 0.1) is 12.8 Å². The number of thioether (sulfide) groups is 1. The number of ether oxygens (including phenoxy) is 1.